The highest BCUT2D eigenvalue weighted by molar-refractivity contribution is 6.45. The van der Waals surface area contributed by atoms with E-state index in [0.29, 0.717) is 22.7 Å². The van der Waals surface area contributed by atoms with Crippen molar-refractivity contribution < 1.29 is 24.2 Å². The van der Waals surface area contributed by atoms with Crippen LogP contribution in [0.15, 0.2) is 54.6 Å². The Hall–Kier alpha value is -3.28. The molecule has 0 aromatic heterocycles. The minimum absolute atomic E-state index is 0.320. The van der Waals surface area contributed by atoms with Crippen LogP contribution >= 0.6 is 0 Å². The smallest absolute Gasteiger partial charge is 0.296 e. The first kappa shape index (κ1) is 17.1. The number of amides is 1. The van der Waals surface area contributed by atoms with Crippen LogP contribution in [0.5, 0.6) is 11.5 Å². The number of ether oxygens (including phenoxy) is 2. The van der Waals surface area contributed by atoms with Gasteiger partial charge in [-0.25, -0.2) is 0 Å². The number of hydrogen-bond donors (Lipinski definition) is 2. The summed E-state index contributed by atoms with van der Waals surface area (Å²) in [4.78, 5) is 23.8. The molecule has 0 aliphatic carbocycles. The maximum absolute atomic E-state index is 11.9. The third-order valence-corrected chi connectivity index (χ3v) is 3.18. The lowest BCUT2D eigenvalue weighted by Crippen LogP contribution is -2.21. The Balaban J connectivity index is 2.10. The van der Waals surface area contributed by atoms with Crippen LogP contribution in [0.1, 0.15) is 5.56 Å². The van der Waals surface area contributed by atoms with Gasteiger partial charge in [0.2, 0.25) is 5.78 Å². The molecule has 24 heavy (non-hydrogen) atoms. The lowest BCUT2D eigenvalue weighted by atomic mass is 10.1. The second-order valence-corrected chi connectivity index (χ2v) is 4.81. The molecule has 0 bridgehead atoms. The van der Waals surface area contributed by atoms with E-state index < -0.39 is 11.7 Å². The van der Waals surface area contributed by atoms with Gasteiger partial charge < -0.3 is 19.9 Å². The molecule has 0 unspecified atom stereocenters. The van der Waals surface area contributed by atoms with Crippen LogP contribution in [0.4, 0.5) is 5.69 Å². The predicted octanol–water partition coefficient (Wildman–Crippen LogP) is 2.81. The van der Waals surface area contributed by atoms with Crippen molar-refractivity contribution in [3.63, 3.8) is 0 Å². The highest BCUT2D eigenvalue weighted by Gasteiger charge is 2.14. The number of aliphatic hydroxyl groups excluding tert-OH is 1. The SMILES string of the molecule is COc1cccc(NC(=O)C(=O)/C=C(\O)c2cccc(OC)c2)c1. The molecule has 6 nitrogen and oxygen atoms in total. The zero-order valence-corrected chi connectivity index (χ0v) is 13.3. The van der Waals surface area contributed by atoms with E-state index >= 15 is 0 Å². The number of methoxy groups -OCH3 is 2. The van der Waals surface area contributed by atoms with E-state index in [2.05, 4.69) is 5.32 Å². The van der Waals surface area contributed by atoms with Gasteiger partial charge in [0, 0.05) is 23.4 Å². The average Bonchev–Trinajstić information content (AvgIpc) is 2.61. The van der Waals surface area contributed by atoms with Crippen LogP contribution in [-0.4, -0.2) is 31.0 Å². The Labute approximate surface area is 139 Å². The van der Waals surface area contributed by atoms with E-state index in [9.17, 15) is 14.7 Å². The lowest BCUT2D eigenvalue weighted by molar-refractivity contribution is -0.131. The minimum Gasteiger partial charge on any atom is -0.507 e. The van der Waals surface area contributed by atoms with Crippen molar-refractivity contribution in [2.45, 2.75) is 0 Å². The Morgan fingerprint density at radius 2 is 1.62 bits per heavy atom. The summed E-state index contributed by atoms with van der Waals surface area (Å²) in [5.41, 5.74) is 0.791. The molecule has 2 aromatic carbocycles. The number of aliphatic hydroxyl groups is 1. The van der Waals surface area contributed by atoms with Gasteiger partial charge in [0.25, 0.3) is 5.91 Å². The Morgan fingerprint density at radius 3 is 2.29 bits per heavy atom. The zero-order chi connectivity index (χ0) is 17.5. The van der Waals surface area contributed by atoms with Crippen molar-refractivity contribution in [2.24, 2.45) is 0 Å². The van der Waals surface area contributed by atoms with Gasteiger partial charge in [-0.3, -0.25) is 9.59 Å². The monoisotopic (exact) mass is 327 g/mol. The third-order valence-electron chi connectivity index (χ3n) is 3.18. The molecule has 124 valence electrons. The summed E-state index contributed by atoms with van der Waals surface area (Å²) in [7, 11) is 2.99. The molecule has 0 heterocycles. The van der Waals surface area contributed by atoms with E-state index in [1.165, 1.54) is 14.2 Å². The third kappa shape index (κ3) is 4.36. The summed E-state index contributed by atoms with van der Waals surface area (Å²) in [6.45, 7) is 0. The standard InChI is InChI=1S/C18H17NO5/c1-23-14-7-3-5-12(9-14)16(20)11-17(21)18(22)19-13-6-4-8-15(10-13)24-2/h3-11,20H,1-2H3,(H,19,22)/b16-11-. The quantitative estimate of drug-likeness (QED) is 0.484. The highest BCUT2D eigenvalue weighted by atomic mass is 16.5. The second-order valence-electron chi connectivity index (χ2n) is 4.81. The fraction of sp³-hybridized carbons (Fsp3) is 0.111. The van der Waals surface area contributed by atoms with E-state index in [1.54, 1.807) is 48.5 Å². The van der Waals surface area contributed by atoms with Gasteiger partial charge >= 0.3 is 0 Å². The summed E-state index contributed by atoms with van der Waals surface area (Å²) in [5.74, 6) is -0.980. The van der Waals surface area contributed by atoms with Crippen molar-refractivity contribution >= 4 is 23.1 Å². The van der Waals surface area contributed by atoms with E-state index in [1.807, 2.05) is 0 Å². The molecule has 0 aliphatic rings. The van der Waals surface area contributed by atoms with Gasteiger partial charge in [-0.15, -0.1) is 0 Å². The van der Waals surface area contributed by atoms with Crippen LogP contribution in [-0.2, 0) is 9.59 Å². The fourth-order valence-electron chi connectivity index (χ4n) is 1.95. The number of benzene rings is 2. The van der Waals surface area contributed by atoms with Gasteiger partial charge in [0.15, 0.2) is 0 Å². The molecule has 6 heteroatoms. The molecule has 1 amide bonds. The minimum atomic E-state index is -0.877. The number of ketones is 1. The van der Waals surface area contributed by atoms with E-state index in [-0.39, 0.29) is 5.76 Å². The molecule has 0 radical (unpaired) electrons. The molecule has 2 rings (SSSR count). The van der Waals surface area contributed by atoms with Crippen molar-refractivity contribution in [1.82, 2.24) is 0 Å². The Bertz CT molecular complexity index is 782. The zero-order valence-electron chi connectivity index (χ0n) is 13.3. The summed E-state index contributed by atoms with van der Waals surface area (Å²) >= 11 is 0. The molecule has 0 spiro atoms. The number of rotatable bonds is 6. The van der Waals surface area contributed by atoms with Crippen LogP contribution in [0, 0.1) is 0 Å². The summed E-state index contributed by atoms with van der Waals surface area (Å²) in [5, 5.41) is 12.4. The van der Waals surface area contributed by atoms with E-state index in [4.69, 9.17) is 9.47 Å². The van der Waals surface area contributed by atoms with Crippen LogP contribution in [0.25, 0.3) is 5.76 Å². The first-order valence-electron chi connectivity index (χ1n) is 7.08. The molecule has 0 aliphatic heterocycles. The van der Waals surface area contributed by atoms with Crippen molar-refractivity contribution in [1.29, 1.82) is 0 Å². The Kier molecular flexibility index (Phi) is 5.57. The number of hydrogen-bond acceptors (Lipinski definition) is 5. The number of carbonyl (C=O) groups excluding carboxylic acids is 2. The van der Waals surface area contributed by atoms with Gasteiger partial charge in [0.05, 0.1) is 14.2 Å². The molecule has 0 atom stereocenters. The number of carbonyl (C=O) groups is 2. The van der Waals surface area contributed by atoms with Crippen LogP contribution < -0.4 is 14.8 Å². The summed E-state index contributed by atoms with van der Waals surface area (Å²) in [6, 6.07) is 13.1. The van der Waals surface area contributed by atoms with Gasteiger partial charge in [0.1, 0.15) is 17.3 Å². The first-order valence-corrected chi connectivity index (χ1v) is 7.08. The molecular formula is C18H17NO5. The predicted molar refractivity (Wildman–Crippen MR) is 90.2 cm³/mol. The highest BCUT2D eigenvalue weighted by Crippen LogP contribution is 2.19. The topological polar surface area (TPSA) is 84.9 Å². The van der Waals surface area contributed by atoms with Crippen molar-refractivity contribution in [3.8, 4) is 11.5 Å². The molecular weight excluding hydrogens is 310 g/mol. The van der Waals surface area contributed by atoms with Crippen LogP contribution in [0.3, 0.4) is 0 Å². The molecule has 0 saturated heterocycles. The molecule has 2 N–H and O–H groups in total. The van der Waals surface area contributed by atoms with Crippen LogP contribution in [0.2, 0.25) is 0 Å². The Morgan fingerprint density at radius 1 is 1.00 bits per heavy atom. The average molecular weight is 327 g/mol. The van der Waals surface area contributed by atoms with Gasteiger partial charge in [-0.1, -0.05) is 18.2 Å². The van der Waals surface area contributed by atoms with Gasteiger partial charge in [-0.05, 0) is 24.3 Å². The summed E-state index contributed by atoms with van der Waals surface area (Å²) in [6.07, 6.45) is 0.865. The second kappa shape index (κ2) is 7.82. The maximum atomic E-state index is 11.9. The molecule has 2 aromatic rings. The normalized spacial score (nSPS) is 10.8. The first-order chi connectivity index (χ1) is 11.5. The molecule has 0 fully saturated rings. The maximum Gasteiger partial charge on any atom is 0.296 e. The molecule has 0 saturated carbocycles. The van der Waals surface area contributed by atoms with E-state index in [0.717, 1.165) is 6.08 Å². The summed E-state index contributed by atoms with van der Waals surface area (Å²) < 4.78 is 10.1. The number of anilines is 1. The lowest BCUT2D eigenvalue weighted by Gasteiger charge is -2.06. The largest absolute Gasteiger partial charge is 0.507 e. The van der Waals surface area contributed by atoms with Crippen molar-refractivity contribution in [3.05, 3.63) is 60.2 Å². The fourth-order valence-corrected chi connectivity index (χ4v) is 1.95. The van der Waals surface area contributed by atoms with Crippen molar-refractivity contribution in [2.75, 3.05) is 19.5 Å². The number of nitrogens with one attached hydrogen (secondary N) is 1. The van der Waals surface area contributed by atoms with Gasteiger partial charge in [-0.2, -0.15) is 0 Å².